The molecule has 6 heteroatoms. The van der Waals surface area contributed by atoms with Crippen molar-refractivity contribution in [1.29, 1.82) is 0 Å². The van der Waals surface area contributed by atoms with Crippen LogP contribution in [0.2, 0.25) is 0 Å². The maximum absolute atomic E-state index is 12.5. The van der Waals surface area contributed by atoms with E-state index in [1.165, 1.54) is 5.56 Å². The van der Waals surface area contributed by atoms with Gasteiger partial charge in [-0.3, -0.25) is 4.79 Å². The topological polar surface area (TPSA) is 58.6 Å². The molecule has 2 aromatic rings. The normalized spacial score (nSPS) is 15.5. The minimum atomic E-state index is 0.0808. The Labute approximate surface area is 155 Å². The number of likely N-dealkylation sites (N-methyl/N-ethyl adjacent to an activating group) is 1. The second-order valence-corrected chi connectivity index (χ2v) is 7.14. The lowest BCUT2D eigenvalue weighted by atomic mass is 9.95. The third-order valence-electron chi connectivity index (χ3n) is 5.16. The Bertz CT molecular complexity index is 785. The number of aryl methyl sites for hydroxylation is 2. The summed E-state index contributed by atoms with van der Waals surface area (Å²) in [7, 11) is 3.51. The van der Waals surface area contributed by atoms with Crippen molar-refractivity contribution < 1.29 is 9.53 Å². The molecule has 1 saturated heterocycles. The Morgan fingerprint density at radius 3 is 2.69 bits per heavy atom. The third kappa shape index (κ3) is 3.96. The molecule has 0 aliphatic carbocycles. The largest absolute Gasteiger partial charge is 0.383 e. The van der Waals surface area contributed by atoms with Crippen LogP contribution >= 0.6 is 0 Å². The molecule has 0 saturated carbocycles. The molecule has 1 amide bonds. The van der Waals surface area contributed by atoms with Crippen LogP contribution in [0.1, 0.15) is 24.1 Å². The molecule has 140 valence electrons. The van der Waals surface area contributed by atoms with Crippen LogP contribution in [0.4, 0.5) is 5.95 Å². The highest BCUT2D eigenvalue weighted by atomic mass is 16.5. The summed E-state index contributed by atoms with van der Waals surface area (Å²) < 4.78 is 5.06. The number of fused-ring (bicyclic) bond motifs is 1. The van der Waals surface area contributed by atoms with Crippen molar-refractivity contribution in [2.75, 3.05) is 45.3 Å². The van der Waals surface area contributed by atoms with Gasteiger partial charge in [-0.05, 0) is 38.8 Å². The molecule has 0 spiro atoms. The molecule has 1 fully saturated rings. The standard InChI is InChI=1S/C20H28N4O2/c1-14-5-6-18-17(13-14)15(2)21-20(22-18)24-9-7-16(8-10-24)19(25)23(3)11-12-26-4/h5-6,13,16H,7-12H2,1-4H3. The number of methoxy groups -OCH3 is 1. The summed E-state index contributed by atoms with van der Waals surface area (Å²) in [5.74, 6) is 1.07. The zero-order chi connectivity index (χ0) is 18.7. The molecule has 0 bridgehead atoms. The molecule has 26 heavy (non-hydrogen) atoms. The van der Waals surface area contributed by atoms with Gasteiger partial charge < -0.3 is 14.5 Å². The van der Waals surface area contributed by atoms with E-state index in [4.69, 9.17) is 14.7 Å². The van der Waals surface area contributed by atoms with Gasteiger partial charge >= 0.3 is 0 Å². The lowest BCUT2D eigenvalue weighted by Gasteiger charge is -2.33. The summed E-state index contributed by atoms with van der Waals surface area (Å²) in [5.41, 5.74) is 3.20. The summed E-state index contributed by atoms with van der Waals surface area (Å²) >= 11 is 0. The van der Waals surface area contributed by atoms with Crippen LogP contribution in [0.25, 0.3) is 10.9 Å². The van der Waals surface area contributed by atoms with Crippen LogP contribution < -0.4 is 4.90 Å². The molecule has 1 aliphatic rings. The molecule has 0 unspecified atom stereocenters. The molecule has 0 atom stereocenters. The minimum Gasteiger partial charge on any atom is -0.383 e. The van der Waals surface area contributed by atoms with E-state index in [-0.39, 0.29) is 11.8 Å². The Morgan fingerprint density at radius 2 is 2.00 bits per heavy atom. The summed E-state index contributed by atoms with van der Waals surface area (Å²) in [4.78, 5) is 26.0. The van der Waals surface area contributed by atoms with Crippen LogP contribution in [0.15, 0.2) is 18.2 Å². The molecule has 0 N–H and O–H groups in total. The van der Waals surface area contributed by atoms with Crippen molar-refractivity contribution in [1.82, 2.24) is 14.9 Å². The predicted octanol–water partition coefficient (Wildman–Crippen LogP) is 2.57. The van der Waals surface area contributed by atoms with Gasteiger partial charge in [-0.15, -0.1) is 0 Å². The van der Waals surface area contributed by atoms with Crippen LogP contribution in [0.5, 0.6) is 0 Å². The number of amides is 1. The van der Waals surface area contributed by atoms with Gasteiger partial charge in [-0.25, -0.2) is 9.97 Å². The van der Waals surface area contributed by atoms with Crippen LogP contribution in [-0.4, -0.2) is 61.2 Å². The quantitative estimate of drug-likeness (QED) is 0.824. The van der Waals surface area contributed by atoms with Crippen molar-refractivity contribution in [3.63, 3.8) is 0 Å². The molecule has 0 radical (unpaired) electrons. The monoisotopic (exact) mass is 356 g/mol. The smallest absolute Gasteiger partial charge is 0.226 e. The van der Waals surface area contributed by atoms with Gasteiger partial charge in [-0.2, -0.15) is 0 Å². The summed E-state index contributed by atoms with van der Waals surface area (Å²) in [6, 6.07) is 6.28. The van der Waals surface area contributed by atoms with Crippen LogP contribution in [0.3, 0.4) is 0 Å². The fourth-order valence-corrected chi connectivity index (χ4v) is 3.50. The molecule has 1 aliphatic heterocycles. The van der Waals surface area contributed by atoms with Gasteiger partial charge in [0.15, 0.2) is 0 Å². The number of piperidine rings is 1. The van der Waals surface area contributed by atoms with Gasteiger partial charge in [-0.1, -0.05) is 11.6 Å². The van der Waals surface area contributed by atoms with Crippen molar-refractivity contribution in [2.24, 2.45) is 5.92 Å². The molecular formula is C20H28N4O2. The second kappa shape index (κ2) is 7.99. The number of nitrogens with zero attached hydrogens (tertiary/aromatic N) is 4. The molecule has 2 heterocycles. The number of ether oxygens (including phenoxy) is 1. The highest BCUT2D eigenvalue weighted by Crippen LogP contribution is 2.25. The third-order valence-corrected chi connectivity index (χ3v) is 5.16. The maximum Gasteiger partial charge on any atom is 0.226 e. The fraction of sp³-hybridized carbons (Fsp3) is 0.550. The Kier molecular flexibility index (Phi) is 5.71. The van der Waals surface area contributed by atoms with E-state index in [1.54, 1.807) is 12.0 Å². The Balaban J connectivity index is 1.67. The lowest BCUT2D eigenvalue weighted by Crippen LogP contribution is -2.42. The first-order valence-corrected chi connectivity index (χ1v) is 9.23. The first-order chi connectivity index (χ1) is 12.5. The summed E-state index contributed by atoms with van der Waals surface area (Å²) in [6.07, 6.45) is 1.68. The molecule has 1 aromatic carbocycles. The molecular weight excluding hydrogens is 328 g/mol. The van der Waals surface area contributed by atoms with E-state index in [2.05, 4.69) is 30.0 Å². The first kappa shape index (κ1) is 18.6. The lowest BCUT2D eigenvalue weighted by molar-refractivity contribution is -0.135. The summed E-state index contributed by atoms with van der Waals surface area (Å²) in [6.45, 7) is 6.95. The molecule has 3 rings (SSSR count). The van der Waals surface area contributed by atoms with Crippen molar-refractivity contribution in [2.45, 2.75) is 26.7 Å². The SMILES string of the molecule is COCCN(C)C(=O)C1CCN(c2nc(C)c3cc(C)ccc3n2)CC1. The molecule has 6 nitrogen and oxygen atoms in total. The zero-order valence-corrected chi connectivity index (χ0v) is 16.2. The average molecular weight is 356 g/mol. The molecule has 1 aromatic heterocycles. The number of carbonyl (C=O) groups is 1. The Morgan fingerprint density at radius 1 is 1.27 bits per heavy atom. The van der Waals surface area contributed by atoms with Gasteiger partial charge in [0.05, 0.1) is 17.8 Å². The zero-order valence-electron chi connectivity index (χ0n) is 16.2. The number of aromatic nitrogens is 2. The van der Waals surface area contributed by atoms with Crippen molar-refractivity contribution in [3.8, 4) is 0 Å². The van der Waals surface area contributed by atoms with Gasteiger partial charge in [0, 0.05) is 45.1 Å². The van der Waals surface area contributed by atoms with E-state index in [1.807, 2.05) is 14.0 Å². The van der Waals surface area contributed by atoms with Gasteiger partial charge in [0.2, 0.25) is 11.9 Å². The predicted molar refractivity (Wildman–Crippen MR) is 103 cm³/mol. The number of hydrogen-bond donors (Lipinski definition) is 0. The number of carbonyl (C=O) groups excluding carboxylic acids is 1. The Hall–Kier alpha value is -2.21. The van der Waals surface area contributed by atoms with Crippen molar-refractivity contribution >= 4 is 22.8 Å². The van der Waals surface area contributed by atoms with E-state index in [0.717, 1.165) is 48.5 Å². The van der Waals surface area contributed by atoms with Crippen LogP contribution in [0, 0.1) is 19.8 Å². The average Bonchev–Trinajstić information content (AvgIpc) is 2.66. The van der Waals surface area contributed by atoms with Crippen LogP contribution in [-0.2, 0) is 9.53 Å². The van der Waals surface area contributed by atoms with E-state index in [0.29, 0.717) is 13.2 Å². The van der Waals surface area contributed by atoms with E-state index in [9.17, 15) is 4.79 Å². The highest BCUT2D eigenvalue weighted by molar-refractivity contribution is 5.82. The summed E-state index contributed by atoms with van der Waals surface area (Å²) in [5, 5.41) is 1.11. The first-order valence-electron chi connectivity index (χ1n) is 9.23. The minimum absolute atomic E-state index is 0.0808. The maximum atomic E-state index is 12.5. The van der Waals surface area contributed by atoms with Gasteiger partial charge in [0.1, 0.15) is 0 Å². The second-order valence-electron chi connectivity index (χ2n) is 7.14. The number of anilines is 1. The highest BCUT2D eigenvalue weighted by Gasteiger charge is 2.28. The van der Waals surface area contributed by atoms with E-state index < -0.39 is 0 Å². The number of benzene rings is 1. The number of hydrogen-bond acceptors (Lipinski definition) is 5. The van der Waals surface area contributed by atoms with Crippen molar-refractivity contribution in [3.05, 3.63) is 29.5 Å². The van der Waals surface area contributed by atoms with Gasteiger partial charge in [0.25, 0.3) is 0 Å². The van der Waals surface area contributed by atoms with E-state index >= 15 is 0 Å². The number of rotatable bonds is 5. The fourth-order valence-electron chi connectivity index (χ4n) is 3.50.